The molecule has 2 nitrogen and oxygen atoms in total. The fourth-order valence-corrected chi connectivity index (χ4v) is 2.77. The van der Waals surface area contributed by atoms with Gasteiger partial charge in [0.2, 0.25) is 6.08 Å². The SMILES string of the molecule is O=C=Nc1ccccc1Sc1ccccc1Br. The Hall–Kier alpha value is -1.35. The Morgan fingerprint density at radius 2 is 1.65 bits per heavy atom. The molecule has 0 spiro atoms. The van der Waals surface area contributed by atoms with E-state index in [1.165, 1.54) is 0 Å². The van der Waals surface area contributed by atoms with E-state index in [0.717, 1.165) is 14.3 Å². The first kappa shape index (κ1) is 12.1. The summed E-state index contributed by atoms with van der Waals surface area (Å²) >= 11 is 5.05. The summed E-state index contributed by atoms with van der Waals surface area (Å²) in [6.07, 6.45) is 1.57. The topological polar surface area (TPSA) is 29.4 Å². The quantitative estimate of drug-likeness (QED) is 0.614. The van der Waals surface area contributed by atoms with Crippen LogP contribution in [-0.4, -0.2) is 6.08 Å². The van der Waals surface area contributed by atoms with Crippen LogP contribution in [0.15, 0.2) is 67.8 Å². The molecule has 0 aliphatic carbocycles. The van der Waals surface area contributed by atoms with E-state index in [1.54, 1.807) is 23.9 Å². The zero-order valence-corrected chi connectivity index (χ0v) is 11.2. The van der Waals surface area contributed by atoms with Crippen LogP contribution in [0.2, 0.25) is 0 Å². The predicted molar refractivity (Wildman–Crippen MR) is 72.5 cm³/mol. The van der Waals surface area contributed by atoms with E-state index < -0.39 is 0 Å². The smallest absolute Gasteiger partial charge is 0.211 e. The Morgan fingerprint density at radius 3 is 2.35 bits per heavy atom. The van der Waals surface area contributed by atoms with E-state index in [4.69, 9.17) is 0 Å². The molecule has 0 saturated heterocycles. The zero-order valence-electron chi connectivity index (χ0n) is 8.76. The van der Waals surface area contributed by atoms with E-state index in [0.29, 0.717) is 5.69 Å². The average molecular weight is 306 g/mol. The summed E-state index contributed by atoms with van der Waals surface area (Å²) in [6.45, 7) is 0. The van der Waals surface area contributed by atoms with Gasteiger partial charge in [-0.1, -0.05) is 36.0 Å². The molecule has 84 valence electrons. The van der Waals surface area contributed by atoms with Crippen molar-refractivity contribution in [3.63, 3.8) is 0 Å². The summed E-state index contributed by atoms with van der Waals surface area (Å²) < 4.78 is 1.02. The molecule has 0 fully saturated rings. The van der Waals surface area contributed by atoms with Crippen molar-refractivity contribution in [2.75, 3.05) is 0 Å². The Bertz CT molecular complexity index is 579. The lowest BCUT2D eigenvalue weighted by atomic mass is 10.3. The third kappa shape index (κ3) is 3.07. The van der Waals surface area contributed by atoms with Crippen molar-refractivity contribution in [1.82, 2.24) is 0 Å². The van der Waals surface area contributed by atoms with Crippen LogP contribution in [0.25, 0.3) is 0 Å². The second kappa shape index (κ2) is 5.82. The minimum absolute atomic E-state index is 0.642. The number of aliphatic imine (C=N–C) groups is 1. The molecule has 0 bridgehead atoms. The maximum Gasteiger partial charge on any atom is 0.240 e. The van der Waals surface area contributed by atoms with E-state index in [1.807, 2.05) is 42.5 Å². The van der Waals surface area contributed by atoms with Crippen LogP contribution in [0.5, 0.6) is 0 Å². The number of nitrogens with zero attached hydrogens (tertiary/aromatic N) is 1. The summed E-state index contributed by atoms with van der Waals surface area (Å²) in [5, 5.41) is 0. The molecule has 0 amide bonds. The highest BCUT2D eigenvalue weighted by atomic mass is 79.9. The summed E-state index contributed by atoms with van der Waals surface area (Å²) in [7, 11) is 0. The molecule has 2 aromatic carbocycles. The molecule has 0 radical (unpaired) electrons. The van der Waals surface area contributed by atoms with Gasteiger partial charge in [0, 0.05) is 14.3 Å². The summed E-state index contributed by atoms with van der Waals surface area (Å²) in [5.41, 5.74) is 0.642. The molecular weight excluding hydrogens is 298 g/mol. The van der Waals surface area contributed by atoms with E-state index in [2.05, 4.69) is 20.9 Å². The molecule has 17 heavy (non-hydrogen) atoms. The summed E-state index contributed by atoms with van der Waals surface area (Å²) in [4.78, 5) is 16.0. The molecule has 4 heteroatoms. The normalized spacial score (nSPS) is 9.71. The molecule has 2 aromatic rings. The molecule has 0 aliphatic heterocycles. The molecule has 0 N–H and O–H groups in total. The highest BCUT2D eigenvalue weighted by molar-refractivity contribution is 9.10. The van der Waals surface area contributed by atoms with Gasteiger partial charge in [-0.15, -0.1) is 0 Å². The molecular formula is C13H8BrNOS. The number of halogens is 1. The van der Waals surface area contributed by atoms with E-state index in [-0.39, 0.29) is 0 Å². The fourth-order valence-electron chi connectivity index (χ4n) is 1.33. The monoisotopic (exact) mass is 305 g/mol. The highest BCUT2D eigenvalue weighted by Crippen LogP contribution is 2.37. The van der Waals surface area contributed by atoms with Crippen LogP contribution < -0.4 is 0 Å². The van der Waals surface area contributed by atoms with Gasteiger partial charge in [-0.3, -0.25) is 0 Å². The predicted octanol–water partition coefficient (Wildman–Crippen LogP) is 4.57. The third-order valence-electron chi connectivity index (χ3n) is 2.09. The van der Waals surface area contributed by atoms with Gasteiger partial charge in [-0.25, -0.2) is 4.79 Å². The number of hydrogen-bond acceptors (Lipinski definition) is 3. The lowest BCUT2D eigenvalue weighted by Crippen LogP contribution is -1.76. The summed E-state index contributed by atoms with van der Waals surface area (Å²) in [6, 6.07) is 15.4. The van der Waals surface area contributed by atoms with Crippen molar-refractivity contribution < 1.29 is 4.79 Å². The maximum absolute atomic E-state index is 10.3. The lowest BCUT2D eigenvalue weighted by Gasteiger charge is -2.05. The molecule has 0 aliphatic rings. The number of hydrogen-bond donors (Lipinski definition) is 0. The average Bonchev–Trinajstić information content (AvgIpc) is 2.35. The molecule has 0 unspecified atom stereocenters. The third-order valence-corrected chi connectivity index (χ3v) is 4.18. The first-order chi connectivity index (χ1) is 8.31. The van der Waals surface area contributed by atoms with Crippen molar-refractivity contribution in [3.05, 3.63) is 53.0 Å². The van der Waals surface area contributed by atoms with Crippen molar-refractivity contribution in [1.29, 1.82) is 0 Å². The van der Waals surface area contributed by atoms with Crippen molar-refractivity contribution >= 4 is 39.5 Å². The Kier molecular flexibility index (Phi) is 4.15. The molecule has 0 aromatic heterocycles. The van der Waals surface area contributed by atoms with Gasteiger partial charge in [0.15, 0.2) is 0 Å². The van der Waals surface area contributed by atoms with E-state index >= 15 is 0 Å². The Balaban J connectivity index is 2.36. The van der Waals surface area contributed by atoms with Crippen LogP contribution in [-0.2, 0) is 4.79 Å². The molecule has 0 atom stereocenters. The Morgan fingerprint density at radius 1 is 1.00 bits per heavy atom. The zero-order chi connectivity index (χ0) is 12.1. The van der Waals surface area contributed by atoms with Crippen LogP contribution in [0.4, 0.5) is 5.69 Å². The number of carbonyl (C=O) groups excluding carboxylic acids is 1. The first-order valence-electron chi connectivity index (χ1n) is 4.90. The molecule has 2 rings (SSSR count). The fraction of sp³-hybridized carbons (Fsp3) is 0. The number of isocyanates is 1. The second-order valence-corrected chi connectivity index (χ2v) is 5.14. The van der Waals surface area contributed by atoms with Crippen LogP contribution in [0, 0.1) is 0 Å². The number of benzene rings is 2. The van der Waals surface area contributed by atoms with E-state index in [9.17, 15) is 4.79 Å². The maximum atomic E-state index is 10.3. The van der Waals surface area contributed by atoms with Gasteiger partial charge >= 0.3 is 0 Å². The Labute approximate surface area is 112 Å². The highest BCUT2D eigenvalue weighted by Gasteiger charge is 2.05. The van der Waals surface area contributed by atoms with Crippen molar-refractivity contribution in [2.45, 2.75) is 9.79 Å². The second-order valence-electron chi connectivity index (χ2n) is 3.20. The van der Waals surface area contributed by atoms with Gasteiger partial charge in [-0.05, 0) is 40.2 Å². The van der Waals surface area contributed by atoms with Gasteiger partial charge < -0.3 is 0 Å². The molecule has 0 heterocycles. The molecule has 0 saturated carbocycles. The van der Waals surface area contributed by atoms with Crippen LogP contribution in [0.3, 0.4) is 0 Å². The standard InChI is InChI=1S/C13H8BrNOS/c14-10-5-1-3-7-12(10)17-13-8-4-2-6-11(13)15-9-16/h1-8H. The van der Waals surface area contributed by atoms with Gasteiger partial charge in [0.25, 0.3) is 0 Å². The van der Waals surface area contributed by atoms with Crippen molar-refractivity contribution in [2.24, 2.45) is 4.99 Å². The van der Waals surface area contributed by atoms with Crippen molar-refractivity contribution in [3.8, 4) is 0 Å². The minimum atomic E-state index is 0.642. The summed E-state index contributed by atoms with van der Waals surface area (Å²) in [5.74, 6) is 0. The van der Waals surface area contributed by atoms with Gasteiger partial charge in [0.1, 0.15) is 0 Å². The minimum Gasteiger partial charge on any atom is -0.211 e. The van der Waals surface area contributed by atoms with Crippen LogP contribution >= 0.6 is 27.7 Å². The van der Waals surface area contributed by atoms with Gasteiger partial charge in [-0.2, -0.15) is 4.99 Å². The van der Waals surface area contributed by atoms with Gasteiger partial charge in [0.05, 0.1) is 5.69 Å². The number of rotatable bonds is 3. The van der Waals surface area contributed by atoms with Crippen LogP contribution in [0.1, 0.15) is 0 Å². The largest absolute Gasteiger partial charge is 0.240 e. The number of para-hydroxylation sites is 1. The first-order valence-corrected chi connectivity index (χ1v) is 6.51. The lowest BCUT2D eigenvalue weighted by molar-refractivity contribution is 0.565.